The number of aryl methyl sites for hydroxylation is 2. The van der Waals surface area contributed by atoms with Gasteiger partial charge < -0.3 is 15.6 Å². The van der Waals surface area contributed by atoms with E-state index in [1.165, 1.54) is 22.7 Å². The molecule has 0 atom stereocenters. The number of nitrogens with two attached hydrogens (primary N) is 1. The number of rotatable bonds is 7. The zero-order valence-corrected chi connectivity index (χ0v) is 15.7. The lowest BCUT2D eigenvalue weighted by Crippen LogP contribution is -2.16. The Balaban J connectivity index is 1.51. The van der Waals surface area contributed by atoms with Gasteiger partial charge in [-0.25, -0.2) is 10.1 Å². The molecule has 1 amide bonds. The average molecular weight is 385 g/mol. The van der Waals surface area contributed by atoms with Gasteiger partial charge in [-0.1, -0.05) is 29.5 Å². The molecule has 1 aromatic carbocycles. The van der Waals surface area contributed by atoms with Crippen molar-refractivity contribution >= 4 is 35.5 Å². The summed E-state index contributed by atoms with van der Waals surface area (Å²) in [5, 5.41) is 15.0. The number of carbonyl (C=O) groups excluding carboxylic acids is 1. The van der Waals surface area contributed by atoms with Crippen molar-refractivity contribution in [1.29, 1.82) is 0 Å². The Bertz CT molecular complexity index is 947. The molecule has 3 rings (SSSR count). The maximum absolute atomic E-state index is 12.0. The molecule has 0 unspecified atom stereocenters. The first-order chi connectivity index (χ1) is 13.0. The van der Waals surface area contributed by atoms with Crippen LogP contribution in [0, 0.1) is 13.8 Å². The van der Waals surface area contributed by atoms with Crippen LogP contribution < -0.4 is 16.6 Å². The van der Waals surface area contributed by atoms with Gasteiger partial charge in [0.05, 0.1) is 12.0 Å². The summed E-state index contributed by atoms with van der Waals surface area (Å²) in [5.41, 5.74) is 4.55. The number of aromatic nitrogens is 3. The summed E-state index contributed by atoms with van der Waals surface area (Å²) in [6.45, 7) is 3.83. The molecule has 3 aromatic rings. The van der Waals surface area contributed by atoms with Crippen molar-refractivity contribution in [3.63, 3.8) is 0 Å². The lowest BCUT2D eigenvalue weighted by molar-refractivity contribution is -0.113. The fraction of sp³-hybridized carbons (Fsp3) is 0.176. The Kier molecular flexibility index (Phi) is 5.77. The van der Waals surface area contributed by atoms with Gasteiger partial charge in [0.1, 0.15) is 11.5 Å². The molecule has 0 aliphatic rings. The van der Waals surface area contributed by atoms with E-state index >= 15 is 0 Å². The lowest BCUT2D eigenvalue weighted by Gasteiger charge is -2.05. The molecule has 0 saturated carbocycles. The van der Waals surface area contributed by atoms with Gasteiger partial charge in [0.15, 0.2) is 0 Å². The Morgan fingerprint density at radius 3 is 2.74 bits per heavy atom. The van der Waals surface area contributed by atoms with Gasteiger partial charge in [0.2, 0.25) is 11.1 Å². The van der Waals surface area contributed by atoms with Gasteiger partial charge in [0, 0.05) is 5.69 Å². The summed E-state index contributed by atoms with van der Waals surface area (Å²) in [6, 6.07) is 11.2. The molecule has 0 spiro atoms. The highest BCUT2D eigenvalue weighted by molar-refractivity contribution is 7.99. The third-order valence-electron chi connectivity index (χ3n) is 3.45. The number of hydrazone groups is 1. The summed E-state index contributed by atoms with van der Waals surface area (Å²) < 4.78 is 6.60. The number of hydrogen-bond acceptors (Lipinski definition) is 8. The van der Waals surface area contributed by atoms with Crippen LogP contribution in [0.5, 0.6) is 0 Å². The summed E-state index contributed by atoms with van der Waals surface area (Å²) in [5.74, 6) is 7.55. The van der Waals surface area contributed by atoms with Crippen molar-refractivity contribution < 1.29 is 9.21 Å². The highest BCUT2D eigenvalue weighted by Gasteiger charge is 2.12. The second-order valence-electron chi connectivity index (χ2n) is 5.70. The van der Waals surface area contributed by atoms with E-state index in [0.29, 0.717) is 10.9 Å². The topological polar surface area (TPSA) is 123 Å². The molecule has 0 aliphatic carbocycles. The highest BCUT2D eigenvalue weighted by Crippen LogP contribution is 2.17. The van der Waals surface area contributed by atoms with Crippen molar-refractivity contribution in [2.75, 3.05) is 22.3 Å². The minimum Gasteiger partial charge on any atom is -0.460 e. The molecule has 2 heterocycles. The van der Waals surface area contributed by atoms with Gasteiger partial charge in [-0.3, -0.25) is 4.79 Å². The van der Waals surface area contributed by atoms with Crippen LogP contribution in [0.4, 0.5) is 11.6 Å². The zero-order valence-electron chi connectivity index (χ0n) is 14.8. The van der Waals surface area contributed by atoms with Crippen LogP contribution in [0.1, 0.15) is 17.1 Å². The number of nitrogens with zero attached hydrogens (tertiary/aromatic N) is 4. The van der Waals surface area contributed by atoms with Crippen LogP contribution in [-0.2, 0) is 4.79 Å². The Labute approximate surface area is 160 Å². The number of amides is 1. The van der Waals surface area contributed by atoms with Crippen molar-refractivity contribution in [1.82, 2.24) is 14.9 Å². The van der Waals surface area contributed by atoms with E-state index in [9.17, 15) is 4.79 Å². The molecule has 10 heteroatoms. The summed E-state index contributed by atoms with van der Waals surface area (Å²) >= 11 is 1.17. The van der Waals surface area contributed by atoms with Gasteiger partial charge in [0.25, 0.3) is 5.95 Å². The predicted octanol–water partition coefficient (Wildman–Crippen LogP) is 2.38. The van der Waals surface area contributed by atoms with Crippen LogP contribution in [0.3, 0.4) is 0 Å². The maximum Gasteiger partial charge on any atom is 0.264 e. The van der Waals surface area contributed by atoms with Crippen LogP contribution in [0.2, 0.25) is 0 Å². The van der Waals surface area contributed by atoms with Crippen molar-refractivity contribution in [3.8, 4) is 0 Å². The molecule has 27 heavy (non-hydrogen) atoms. The van der Waals surface area contributed by atoms with Crippen LogP contribution in [-0.4, -0.2) is 32.7 Å². The van der Waals surface area contributed by atoms with Gasteiger partial charge in [-0.2, -0.15) is 5.10 Å². The van der Waals surface area contributed by atoms with Gasteiger partial charge in [-0.05, 0) is 38.1 Å². The van der Waals surface area contributed by atoms with Crippen molar-refractivity contribution in [3.05, 3.63) is 53.5 Å². The quantitative estimate of drug-likeness (QED) is 0.247. The Morgan fingerprint density at radius 1 is 1.26 bits per heavy atom. The third-order valence-corrected chi connectivity index (χ3v) is 4.39. The number of benzene rings is 1. The number of anilines is 2. The number of hydrogen-bond donors (Lipinski definition) is 3. The molecular weight excluding hydrogens is 366 g/mol. The molecule has 4 N–H and O–H groups in total. The smallest absolute Gasteiger partial charge is 0.264 e. The molecule has 0 bridgehead atoms. The van der Waals surface area contributed by atoms with Gasteiger partial charge >= 0.3 is 0 Å². The minimum absolute atomic E-state index is 0.151. The fourth-order valence-corrected chi connectivity index (χ4v) is 2.75. The molecule has 0 fully saturated rings. The highest BCUT2D eigenvalue weighted by atomic mass is 32.2. The van der Waals surface area contributed by atoms with E-state index in [-0.39, 0.29) is 17.6 Å². The summed E-state index contributed by atoms with van der Waals surface area (Å²) in [4.78, 5) is 12.0. The van der Waals surface area contributed by atoms with E-state index in [0.717, 1.165) is 17.0 Å². The van der Waals surface area contributed by atoms with E-state index in [1.54, 1.807) is 6.07 Å². The Morgan fingerprint density at radius 2 is 2.04 bits per heavy atom. The molecule has 0 aliphatic heterocycles. The van der Waals surface area contributed by atoms with Crippen molar-refractivity contribution in [2.24, 2.45) is 5.10 Å². The molecule has 140 valence electrons. The second kappa shape index (κ2) is 8.41. The SMILES string of the molecule is Cc1ccc(NC(=O)CSc2nnc(N/N=C/c3ccc(C)o3)n2N)cc1. The van der Waals surface area contributed by atoms with E-state index in [4.69, 9.17) is 10.3 Å². The average Bonchev–Trinajstić information content (AvgIpc) is 3.21. The normalized spacial score (nSPS) is 11.0. The number of furan rings is 1. The molecule has 9 nitrogen and oxygen atoms in total. The molecular formula is C17H19N7O2S. The monoisotopic (exact) mass is 385 g/mol. The van der Waals surface area contributed by atoms with E-state index < -0.39 is 0 Å². The minimum atomic E-state index is -0.160. The maximum atomic E-state index is 12.0. The fourth-order valence-electron chi connectivity index (χ4n) is 2.09. The van der Waals surface area contributed by atoms with Crippen LogP contribution in [0.25, 0.3) is 0 Å². The predicted molar refractivity (Wildman–Crippen MR) is 105 cm³/mol. The van der Waals surface area contributed by atoms with Crippen LogP contribution >= 0.6 is 11.8 Å². The first-order valence-corrected chi connectivity index (χ1v) is 9.05. The Hall–Kier alpha value is -3.27. The molecule has 0 radical (unpaired) electrons. The number of carbonyl (C=O) groups is 1. The summed E-state index contributed by atoms with van der Waals surface area (Å²) in [6.07, 6.45) is 1.50. The summed E-state index contributed by atoms with van der Waals surface area (Å²) in [7, 11) is 0. The zero-order chi connectivity index (χ0) is 19.2. The number of nitrogens with one attached hydrogen (secondary N) is 2. The number of thioether (sulfide) groups is 1. The molecule has 2 aromatic heterocycles. The first-order valence-electron chi connectivity index (χ1n) is 8.06. The second-order valence-corrected chi connectivity index (χ2v) is 6.64. The third kappa shape index (κ3) is 5.11. The largest absolute Gasteiger partial charge is 0.460 e. The van der Waals surface area contributed by atoms with Crippen LogP contribution in [0.15, 0.2) is 51.1 Å². The standard InChI is InChI=1S/C17H19N7O2S/c1-11-3-6-13(7-4-11)20-15(25)10-27-17-23-22-16(24(17)18)21-19-9-14-8-5-12(2)26-14/h3-9H,10,18H2,1-2H3,(H,20,25)(H,21,22)/b19-9+. The van der Waals surface area contributed by atoms with E-state index in [2.05, 4.69) is 26.0 Å². The van der Waals surface area contributed by atoms with Gasteiger partial charge in [-0.15, -0.1) is 10.2 Å². The van der Waals surface area contributed by atoms with E-state index in [1.807, 2.05) is 44.2 Å². The molecule has 0 saturated heterocycles. The van der Waals surface area contributed by atoms with Crippen molar-refractivity contribution in [2.45, 2.75) is 19.0 Å². The number of nitrogen functional groups attached to an aromatic ring is 1. The first kappa shape index (κ1) is 18.5. The lowest BCUT2D eigenvalue weighted by atomic mass is 10.2.